The molecule has 0 atom stereocenters. The van der Waals surface area contributed by atoms with Crippen molar-refractivity contribution >= 4 is 0 Å². The molecule has 0 spiro atoms. The summed E-state index contributed by atoms with van der Waals surface area (Å²) in [5, 5.41) is 0. The Balaban J connectivity index is 3.55. The van der Waals surface area contributed by atoms with Crippen molar-refractivity contribution in [2.75, 3.05) is 13.7 Å². The molecule has 0 amide bonds. The zero-order valence-corrected chi connectivity index (χ0v) is 8.61. The van der Waals surface area contributed by atoms with E-state index in [2.05, 4.69) is 27.7 Å². The van der Waals surface area contributed by atoms with E-state index in [9.17, 15) is 0 Å². The van der Waals surface area contributed by atoms with Gasteiger partial charge in [-0.3, -0.25) is 0 Å². The van der Waals surface area contributed by atoms with Crippen LogP contribution in [0.3, 0.4) is 0 Å². The Morgan fingerprint density at radius 2 is 1.82 bits per heavy atom. The summed E-state index contributed by atoms with van der Waals surface area (Å²) in [6.45, 7) is 10.1. The lowest BCUT2D eigenvalue weighted by Crippen LogP contribution is -2.19. The lowest BCUT2D eigenvalue weighted by molar-refractivity contribution is 0.156. The van der Waals surface area contributed by atoms with E-state index >= 15 is 0 Å². The smallest absolute Gasteiger partial charge is 0.0462 e. The number of hydrogen-bond donors (Lipinski definition) is 0. The molecule has 0 aliphatic heterocycles. The molecule has 0 aromatic carbocycles. The first-order chi connectivity index (χ1) is 5.00. The fraction of sp³-hybridized carbons (Fsp3) is 1.00. The van der Waals surface area contributed by atoms with E-state index in [0.717, 1.165) is 12.5 Å². The highest BCUT2D eigenvalue weighted by atomic mass is 16.5. The van der Waals surface area contributed by atoms with Gasteiger partial charge in [-0.15, -0.1) is 0 Å². The van der Waals surface area contributed by atoms with Gasteiger partial charge in [-0.2, -0.15) is 0 Å². The lowest BCUT2D eigenvalue weighted by atomic mass is 9.77. The molecule has 0 saturated carbocycles. The molecule has 0 bridgehead atoms. The lowest BCUT2D eigenvalue weighted by Gasteiger charge is -2.28. The number of rotatable bonds is 5. The molecule has 0 aromatic rings. The van der Waals surface area contributed by atoms with Crippen molar-refractivity contribution in [3.05, 3.63) is 0 Å². The van der Waals surface area contributed by atoms with Crippen molar-refractivity contribution in [1.82, 2.24) is 0 Å². The van der Waals surface area contributed by atoms with E-state index in [-0.39, 0.29) is 0 Å². The van der Waals surface area contributed by atoms with Gasteiger partial charge in [-0.25, -0.2) is 0 Å². The average molecular weight is 158 g/mol. The van der Waals surface area contributed by atoms with Crippen LogP contribution in [-0.4, -0.2) is 13.7 Å². The van der Waals surface area contributed by atoms with Crippen molar-refractivity contribution in [2.45, 2.75) is 40.5 Å². The Bertz CT molecular complexity index is 95.0. The third-order valence-electron chi connectivity index (χ3n) is 2.73. The molecule has 0 fully saturated rings. The molecule has 0 aliphatic carbocycles. The van der Waals surface area contributed by atoms with Crippen molar-refractivity contribution in [3.63, 3.8) is 0 Å². The van der Waals surface area contributed by atoms with Gasteiger partial charge >= 0.3 is 0 Å². The minimum absolute atomic E-state index is 0.471. The van der Waals surface area contributed by atoms with Crippen LogP contribution in [0.1, 0.15) is 40.5 Å². The predicted molar refractivity (Wildman–Crippen MR) is 49.7 cm³/mol. The zero-order valence-electron chi connectivity index (χ0n) is 8.61. The van der Waals surface area contributed by atoms with Gasteiger partial charge in [0.25, 0.3) is 0 Å². The molecular weight excluding hydrogens is 136 g/mol. The van der Waals surface area contributed by atoms with Gasteiger partial charge in [0.05, 0.1) is 0 Å². The van der Waals surface area contributed by atoms with Crippen molar-refractivity contribution < 1.29 is 4.74 Å². The van der Waals surface area contributed by atoms with E-state index in [1.165, 1.54) is 12.8 Å². The Morgan fingerprint density at radius 3 is 2.18 bits per heavy atom. The molecule has 11 heavy (non-hydrogen) atoms. The summed E-state index contributed by atoms with van der Waals surface area (Å²) in [5.41, 5.74) is 0.471. The molecule has 0 heterocycles. The predicted octanol–water partition coefficient (Wildman–Crippen LogP) is 3.10. The number of methoxy groups -OCH3 is 1. The molecule has 0 aromatic heterocycles. The molecule has 0 radical (unpaired) electrons. The number of hydrogen-bond acceptors (Lipinski definition) is 1. The normalized spacial score (nSPS) is 12.5. The van der Waals surface area contributed by atoms with E-state index in [1.54, 1.807) is 7.11 Å². The van der Waals surface area contributed by atoms with Gasteiger partial charge in [0.15, 0.2) is 0 Å². The van der Waals surface area contributed by atoms with Gasteiger partial charge in [-0.05, 0) is 24.2 Å². The molecule has 0 saturated heterocycles. The molecular formula is C10H22O. The van der Waals surface area contributed by atoms with Crippen LogP contribution < -0.4 is 0 Å². The summed E-state index contributed by atoms with van der Waals surface area (Å²) >= 11 is 0. The Labute approximate surface area is 71.1 Å². The topological polar surface area (TPSA) is 9.23 Å². The minimum atomic E-state index is 0.471. The third kappa shape index (κ3) is 4.41. The average Bonchev–Trinajstić information content (AvgIpc) is 1.88. The first kappa shape index (κ1) is 11.0. The molecule has 0 N–H and O–H groups in total. The fourth-order valence-electron chi connectivity index (χ4n) is 0.961. The Morgan fingerprint density at radius 1 is 1.27 bits per heavy atom. The van der Waals surface area contributed by atoms with Crippen LogP contribution >= 0.6 is 0 Å². The first-order valence-corrected chi connectivity index (χ1v) is 4.49. The van der Waals surface area contributed by atoms with E-state index in [1.807, 2.05) is 0 Å². The first-order valence-electron chi connectivity index (χ1n) is 4.49. The molecule has 1 heteroatoms. The van der Waals surface area contributed by atoms with Gasteiger partial charge < -0.3 is 4.74 Å². The fourth-order valence-corrected chi connectivity index (χ4v) is 0.961. The molecule has 0 unspecified atom stereocenters. The summed E-state index contributed by atoms with van der Waals surface area (Å²) in [6.07, 6.45) is 2.44. The van der Waals surface area contributed by atoms with E-state index in [0.29, 0.717) is 5.41 Å². The zero-order chi connectivity index (χ0) is 8.91. The molecule has 0 rings (SSSR count). The summed E-state index contributed by atoms with van der Waals surface area (Å²) in [4.78, 5) is 0. The highest BCUT2D eigenvalue weighted by molar-refractivity contribution is 4.71. The van der Waals surface area contributed by atoms with E-state index < -0.39 is 0 Å². The highest BCUT2D eigenvalue weighted by Gasteiger charge is 2.20. The van der Waals surface area contributed by atoms with Crippen molar-refractivity contribution in [1.29, 1.82) is 0 Å². The van der Waals surface area contributed by atoms with Gasteiger partial charge in [0, 0.05) is 13.7 Å². The van der Waals surface area contributed by atoms with Crippen LogP contribution in [0.25, 0.3) is 0 Å². The van der Waals surface area contributed by atoms with E-state index in [4.69, 9.17) is 4.74 Å². The second-order valence-electron chi connectivity index (χ2n) is 4.24. The second kappa shape index (κ2) is 4.76. The minimum Gasteiger partial charge on any atom is -0.385 e. The summed E-state index contributed by atoms with van der Waals surface area (Å²) in [7, 11) is 1.77. The van der Waals surface area contributed by atoms with Crippen LogP contribution in [0.5, 0.6) is 0 Å². The molecule has 0 aliphatic rings. The summed E-state index contributed by atoms with van der Waals surface area (Å²) in [6, 6.07) is 0. The van der Waals surface area contributed by atoms with Gasteiger partial charge in [0.2, 0.25) is 0 Å². The Hall–Kier alpha value is -0.0400. The maximum atomic E-state index is 5.02. The standard InChI is InChI=1S/C10H22O/c1-9(2)10(3,4)7-6-8-11-5/h9H,6-8H2,1-5H3. The summed E-state index contributed by atoms with van der Waals surface area (Å²) < 4.78 is 5.02. The van der Waals surface area contributed by atoms with Crippen molar-refractivity contribution in [3.8, 4) is 0 Å². The Kier molecular flexibility index (Phi) is 4.74. The SMILES string of the molecule is COCCCC(C)(C)C(C)C. The molecule has 68 valence electrons. The van der Waals surface area contributed by atoms with Crippen LogP contribution in [-0.2, 0) is 4.74 Å². The highest BCUT2D eigenvalue weighted by Crippen LogP contribution is 2.30. The third-order valence-corrected chi connectivity index (χ3v) is 2.73. The van der Waals surface area contributed by atoms with Gasteiger partial charge in [-0.1, -0.05) is 27.7 Å². The maximum Gasteiger partial charge on any atom is 0.0462 e. The molecule has 1 nitrogen and oxygen atoms in total. The monoisotopic (exact) mass is 158 g/mol. The van der Waals surface area contributed by atoms with Crippen LogP contribution in [0.4, 0.5) is 0 Å². The maximum absolute atomic E-state index is 5.02. The summed E-state index contributed by atoms with van der Waals surface area (Å²) in [5.74, 6) is 0.763. The second-order valence-corrected chi connectivity index (χ2v) is 4.24. The van der Waals surface area contributed by atoms with Gasteiger partial charge in [0.1, 0.15) is 0 Å². The number of ether oxygens (including phenoxy) is 1. The van der Waals surface area contributed by atoms with Crippen LogP contribution in [0.2, 0.25) is 0 Å². The van der Waals surface area contributed by atoms with Crippen LogP contribution in [0.15, 0.2) is 0 Å². The largest absolute Gasteiger partial charge is 0.385 e. The van der Waals surface area contributed by atoms with Crippen LogP contribution in [0, 0.1) is 11.3 Å². The quantitative estimate of drug-likeness (QED) is 0.559. The van der Waals surface area contributed by atoms with Crippen molar-refractivity contribution in [2.24, 2.45) is 11.3 Å².